The molecule has 5 aromatic carbocycles. The highest BCUT2D eigenvalue weighted by Crippen LogP contribution is 2.24. The molecule has 5 rings (SSSR count). The summed E-state index contributed by atoms with van der Waals surface area (Å²) in [7, 11) is -11.3. The number of rotatable bonds is 55. The minimum atomic E-state index is -4.02. The predicted molar refractivity (Wildman–Crippen MR) is 448 cm³/mol. The number of carbonyl (C=O) groups is 7. The fourth-order valence-corrected chi connectivity index (χ4v) is 17.4. The first-order valence-corrected chi connectivity index (χ1v) is 44.6. The topological polar surface area (TPSA) is 410 Å². The van der Waals surface area contributed by atoms with Crippen LogP contribution in [0, 0.1) is 23.7 Å². The Hall–Kier alpha value is -7.48. The Morgan fingerprint density at radius 2 is 0.848 bits per heavy atom. The zero-order chi connectivity index (χ0) is 82.9. The molecule has 0 fully saturated rings. The SMILES string of the molecule is CC(=O)[C@H](CCCCN)NC(=O)CN(C[C@H](Cc1ccccc1)NC(=O)[C@@H](C)Cc1ccccc1)S(=O)(=O)Cc1ccccc1.CCC(=O)CN(C[C@H](CCCCN)CC(=O)[C@H](Cc1ccccc1)NC(C)=O)S(=O)(=O)CCN.CCN(C[C@H](CCCCN)NC(=O)[C@H](CCCCN)CC(C)C)S(=O)(=O)Cc1ccccc1. The summed E-state index contributed by atoms with van der Waals surface area (Å²) in [5.74, 6) is -2.63. The van der Waals surface area contributed by atoms with E-state index in [2.05, 4.69) is 35.1 Å². The van der Waals surface area contributed by atoms with Crippen LogP contribution in [0.3, 0.4) is 0 Å². The van der Waals surface area contributed by atoms with Crippen LogP contribution in [0.25, 0.3) is 0 Å². The molecule has 624 valence electrons. The normalized spacial score (nSPS) is 13.6. The fraction of sp³-hybridized carbons (Fsp3) is 0.560. The van der Waals surface area contributed by atoms with Crippen molar-refractivity contribution >= 4 is 71.0 Å². The van der Waals surface area contributed by atoms with Crippen molar-refractivity contribution in [1.82, 2.24) is 34.2 Å². The molecule has 14 N–H and O–H groups in total. The average molecular weight is 1610 g/mol. The highest BCUT2D eigenvalue weighted by atomic mass is 32.2. The number of sulfonamides is 3. The largest absolute Gasteiger partial charge is 0.352 e. The summed E-state index contributed by atoms with van der Waals surface area (Å²) in [6.07, 6.45) is 11.2. The molecule has 5 aromatic rings. The van der Waals surface area contributed by atoms with Gasteiger partial charge in [-0.1, -0.05) is 206 Å². The van der Waals surface area contributed by atoms with Crippen molar-refractivity contribution in [3.05, 3.63) is 179 Å². The van der Waals surface area contributed by atoms with Crippen LogP contribution in [0.1, 0.15) is 173 Å². The molecule has 0 aliphatic carbocycles. The lowest BCUT2D eigenvalue weighted by Gasteiger charge is -2.29. The Kier molecular flexibility index (Phi) is 48.6. The number of carbonyl (C=O) groups excluding carboxylic acids is 7. The number of ketones is 3. The standard InChI is InChI=1S/C35H46N4O5S.C25H46N4O3S.C24H40N4O5S/c1-27(22-29-14-6-3-7-15-29)35(42)37-32(23-30-16-8-4-9-17-30)24-39(45(43,44)26-31-18-10-5-11-19-31)25-34(41)38-33(28(2)40)20-12-13-21-36;1-4-29(33(31,32)20-22-12-6-5-7-13-22)19-24(15-9-11-17-27)28-25(30)23(18-21(2)3)14-8-10-16-26;1-3-22(30)18-28(34(32,33)14-13-26)17-21(11-7-8-12-25)16-24(31)23(27-19(2)29)15-20-9-5-4-6-10-20/h3-11,14-19,27,32-33H,12-13,20-26,36H2,1-2H3,(H,37,42)(H,38,41);5-7,12-13,21,23-24H,4,8-11,14-20,26-27H2,1-3H3,(H,28,30);4-6,9-10,21,23H,3,7-8,11-18,25-26H2,1-2H3,(H,27,29)/t27-,32-,33-;23-,24+;21-,23+/m011/s1. The highest BCUT2D eigenvalue weighted by molar-refractivity contribution is 7.89. The lowest BCUT2D eigenvalue weighted by molar-refractivity contribution is -0.127. The Bertz CT molecular complexity index is 3860. The molecule has 28 heteroatoms. The fourth-order valence-electron chi connectivity index (χ4n) is 13.0. The first-order chi connectivity index (χ1) is 53.4. The lowest BCUT2D eigenvalue weighted by atomic mass is 9.91. The summed E-state index contributed by atoms with van der Waals surface area (Å²) in [6.45, 7) is 14.3. The van der Waals surface area contributed by atoms with Gasteiger partial charge in [0.25, 0.3) is 0 Å². The monoisotopic (exact) mass is 1610 g/mol. The second-order valence-electron chi connectivity index (χ2n) is 29.4. The number of nitrogens with one attached hydrogen (secondary N) is 4. The van der Waals surface area contributed by atoms with Gasteiger partial charge in [0.05, 0.1) is 42.4 Å². The molecule has 0 heterocycles. The number of unbranched alkanes of at least 4 members (excludes halogenated alkanes) is 4. The van der Waals surface area contributed by atoms with Gasteiger partial charge in [-0.15, -0.1) is 0 Å². The quantitative estimate of drug-likeness (QED) is 0.0167. The second-order valence-corrected chi connectivity index (χ2v) is 35.4. The lowest BCUT2D eigenvalue weighted by Crippen LogP contribution is -2.52. The first kappa shape index (κ1) is 98.7. The van der Waals surface area contributed by atoms with Gasteiger partial charge in [-0.3, -0.25) is 33.6 Å². The van der Waals surface area contributed by atoms with Gasteiger partial charge in [-0.25, -0.2) is 25.3 Å². The minimum absolute atomic E-state index is 0.0231. The highest BCUT2D eigenvalue weighted by Gasteiger charge is 2.34. The third kappa shape index (κ3) is 41.0. The van der Waals surface area contributed by atoms with Crippen LogP contribution in [0.5, 0.6) is 0 Å². The predicted octanol–water partition coefficient (Wildman–Crippen LogP) is 7.88. The van der Waals surface area contributed by atoms with Gasteiger partial charge in [-0.05, 0) is 156 Å². The molecule has 0 unspecified atom stereocenters. The van der Waals surface area contributed by atoms with Crippen molar-refractivity contribution in [2.75, 3.05) is 77.7 Å². The van der Waals surface area contributed by atoms with Crippen LogP contribution in [0.15, 0.2) is 152 Å². The third-order valence-electron chi connectivity index (χ3n) is 19.0. The molecule has 0 spiro atoms. The van der Waals surface area contributed by atoms with E-state index in [1.165, 1.54) is 18.2 Å². The van der Waals surface area contributed by atoms with E-state index >= 15 is 0 Å². The summed E-state index contributed by atoms with van der Waals surface area (Å²) in [6, 6.07) is 44.2. The van der Waals surface area contributed by atoms with E-state index in [0.29, 0.717) is 95.6 Å². The molecule has 25 nitrogen and oxygen atoms in total. The van der Waals surface area contributed by atoms with Crippen LogP contribution in [-0.4, -0.2) is 181 Å². The van der Waals surface area contributed by atoms with Gasteiger partial charge in [0, 0.05) is 76.4 Å². The second kappa shape index (κ2) is 55.1. The van der Waals surface area contributed by atoms with Crippen LogP contribution in [-0.2, 0) is 94.4 Å². The van der Waals surface area contributed by atoms with Gasteiger partial charge >= 0.3 is 0 Å². The first-order valence-electron chi connectivity index (χ1n) is 39.8. The molecule has 0 aliphatic heterocycles. The molecule has 0 aromatic heterocycles. The summed E-state index contributed by atoms with van der Waals surface area (Å²) in [5, 5.41) is 11.7. The zero-order valence-corrected chi connectivity index (χ0v) is 69.9. The Morgan fingerprint density at radius 3 is 1.30 bits per heavy atom. The van der Waals surface area contributed by atoms with Gasteiger partial charge in [0.1, 0.15) is 5.78 Å². The molecule has 0 saturated heterocycles. The van der Waals surface area contributed by atoms with E-state index in [0.717, 1.165) is 82.2 Å². The number of likely N-dealkylation sites (N-methyl/N-ethyl adjacent to an activating group) is 1. The number of amides is 4. The molecule has 0 saturated carbocycles. The zero-order valence-electron chi connectivity index (χ0n) is 67.4. The molecule has 0 bridgehead atoms. The molecule has 4 amide bonds. The summed E-state index contributed by atoms with van der Waals surface area (Å²) in [4.78, 5) is 89.3. The van der Waals surface area contributed by atoms with Crippen LogP contribution < -0.4 is 49.9 Å². The maximum absolute atomic E-state index is 13.9. The number of hydrogen-bond donors (Lipinski definition) is 9. The van der Waals surface area contributed by atoms with Crippen LogP contribution in [0.2, 0.25) is 0 Å². The van der Waals surface area contributed by atoms with Crippen LogP contribution >= 0.6 is 0 Å². The number of nitrogens with zero attached hydrogens (tertiary/aromatic N) is 3. The number of hydrogen-bond acceptors (Lipinski definition) is 18. The average Bonchev–Trinajstić information content (AvgIpc) is 0.839. The molecule has 0 aliphatic rings. The van der Waals surface area contributed by atoms with E-state index < -0.39 is 60.6 Å². The molecular weight excluding hydrogens is 1480 g/mol. The maximum Gasteiger partial charge on any atom is 0.235 e. The van der Waals surface area contributed by atoms with Crippen molar-refractivity contribution in [1.29, 1.82) is 0 Å². The van der Waals surface area contributed by atoms with E-state index in [4.69, 9.17) is 28.7 Å². The van der Waals surface area contributed by atoms with Gasteiger partial charge in [-0.2, -0.15) is 12.9 Å². The van der Waals surface area contributed by atoms with E-state index in [1.54, 1.807) is 37.3 Å². The van der Waals surface area contributed by atoms with Crippen molar-refractivity contribution in [2.45, 2.75) is 200 Å². The number of nitrogens with two attached hydrogens (primary N) is 5. The summed E-state index contributed by atoms with van der Waals surface area (Å²) in [5.41, 5.74) is 32.2. The third-order valence-corrected chi connectivity index (χ3v) is 24.5. The summed E-state index contributed by atoms with van der Waals surface area (Å²) >= 11 is 0. The summed E-state index contributed by atoms with van der Waals surface area (Å²) < 4.78 is 83.3. The van der Waals surface area contributed by atoms with Crippen molar-refractivity contribution in [3.63, 3.8) is 0 Å². The van der Waals surface area contributed by atoms with E-state index in [9.17, 15) is 58.8 Å². The van der Waals surface area contributed by atoms with Crippen LogP contribution in [0.4, 0.5) is 0 Å². The van der Waals surface area contributed by atoms with Crippen molar-refractivity contribution in [3.8, 4) is 0 Å². The Labute approximate surface area is 669 Å². The van der Waals surface area contributed by atoms with Crippen molar-refractivity contribution in [2.24, 2.45) is 52.3 Å². The Balaban J connectivity index is 0.000000443. The maximum atomic E-state index is 13.9. The molecular formula is C84H132N12O13S3. The van der Waals surface area contributed by atoms with Gasteiger partial charge in [0.2, 0.25) is 53.7 Å². The number of benzene rings is 5. The van der Waals surface area contributed by atoms with Gasteiger partial charge in [0.15, 0.2) is 11.6 Å². The van der Waals surface area contributed by atoms with Crippen molar-refractivity contribution < 1.29 is 58.8 Å². The molecule has 7 atom stereocenters. The molecule has 0 radical (unpaired) electrons. The van der Waals surface area contributed by atoms with E-state index in [1.807, 2.05) is 135 Å². The van der Waals surface area contributed by atoms with E-state index in [-0.39, 0.29) is 122 Å². The Morgan fingerprint density at radius 1 is 0.420 bits per heavy atom. The number of Topliss-reactive ketones (excluding diaryl/α,β-unsaturated/α-hetero) is 3. The smallest absolute Gasteiger partial charge is 0.235 e. The van der Waals surface area contributed by atoms with Gasteiger partial charge < -0.3 is 49.9 Å². The minimum Gasteiger partial charge on any atom is -0.352 e. The molecule has 112 heavy (non-hydrogen) atoms.